The average molecular weight is 407 g/mol. The summed E-state index contributed by atoms with van der Waals surface area (Å²) in [6, 6.07) is 14.6. The highest BCUT2D eigenvalue weighted by Gasteiger charge is 2.25. The van der Waals surface area contributed by atoms with Crippen molar-refractivity contribution in [2.24, 2.45) is 0 Å². The minimum absolute atomic E-state index is 0.00792. The lowest BCUT2D eigenvalue weighted by Crippen LogP contribution is -2.18. The Morgan fingerprint density at radius 2 is 1.66 bits per heavy atom. The highest BCUT2D eigenvalue weighted by atomic mass is 28.3. The number of ether oxygens (including phenoxy) is 1. The molecule has 0 saturated heterocycles. The second-order valence-corrected chi connectivity index (χ2v) is 10.8. The van der Waals surface area contributed by atoms with E-state index in [4.69, 9.17) is 14.1 Å². The van der Waals surface area contributed by atoms with Crippen LogP contribution in [-0.4, -0.2) is 21.1 Å². The summed E-state index contributed by atoms with van der Waals surface area (Å²) in [5.74, 6) is 1.87. The van der Waals surface area contributed by atoms with E-state index in [0.717, 1.165) is 29.9 Å². The number of pyridine rings is 1. The van der Waals surface area contributed by atoms with E-state index in [9.17, 15) is 0 Å². The Hall–Kier alpha value is -2.33. The Kier molecular flexibility index (Phi) is 6.32. The molecular weight excluding hydrogens is 374 g/mol. The number of nitrogens with zero attached hydrogens (tertiary/aromatic N) is 1. The number of hydrogen-bond donors (Lipinski definition) is 0. The largest absolute Gasteiger partial charge is 0.542 e. The van der Waals surface area contributed by atoms with Crippen LogP contribution in [0.5, 0.6) is 11.5 Å². The number of aromatic nitrogens is 1. The van der Waals surface area contributed by atoms with Crippen molar-refractivity contribution in [3.8, 4) is 11.5 Å². The maximum atomic E-state index is 6.26. The number of aryl methyl sites for hydroxylation is 2. The zero-order valence-electron chi connectivity index (χ0n) is 18.7. The molecule has 0 unspecified atom stereocenters. The van der Waals surface area contributed by atoms with Crippen LogP contribution in [0.2, 0.25) is 13.1 Å². The van der Waals surface area contributed by atoms with Gasteiger partial charge in [-0.3, -0.25) is 4.98 Å². The van der Waals surface area contributed by atoms with Gasteiger partial charge in [-0.2, -0.15) is 0 Å². The number of methoxy groups -OCH3 is 1. The van der Waals surface area contributed by atoms with Crippen LogP contribution in [0.4, 0.5) is 0 Å². The zero-order chi connectivity index (χ0) is 21.2. The molecule has 1 aromatic heterocycles. The van der Waals surface area contributed by atoms with Gasteiger partial charge in [0, 0.05) is 11.1 Å². The van der Waals surface area contributed by atoms with Crippen LogP contribution in [0.15, 0.2) is 42.5 Å². The van der Waals surface area contributed by atoms with E-state index in [-0.39, 0.29) is 5.41 Å². The Morgan fingerprint density at radius 3 is 2.24 bits per heavy atom. The fourth-order valence-electron chi connectivity index (χ4n) is 3.97. The highest BCUT2D eigenvalue weighted by Crippen LogP contribution is 2.38. The molecule has 0 fully saturated rings. The predicted octanol–water partition coefficient (Wildman–Crippen LogP) is 6.26. The van der Waals surface area contributed by atoms with Crippen molar-refractivity contribution in [1.82, 2.24) is 4.98 Å². The summed E-state index contributed by atoms with van der Waals surface area (Å²) in [4.78, 5) is 5.07. The zero-order valence-corrected chi connectivity index (χ0v) is 19.7. The summed E-state index contributed by atoms with van der Waals surface area (Å²) in [5, 5.41) is 1.18. The lowest BCUT2D eigenvalue weighted by molar-refractivity contribution is 0.414. The van der Waals surface area contributed by atoms with Crippen molar-refractivity contribution < 1.29 is 9.16 Å². The van der Waals surface area contributed by atoms with Crippen LogP contribution >= 0.6 is 0 Å². The van der Waals surface area contributed by atoms with Gasteiger partial charge in [0.05, 0.1) is 12.6 Å². The molecule has 29 heavy (non-hydrogen) atoms. The first-order valence-electron chi connectivity index (χ1n) is 10.2. The van der Waals surface area contributed by atoms with Gasteiger partial charge in [0.1, 0.15) is 11.5 Å². The molecule has 3 nitrogen and oxygen atoms in total. The Balaban J connectivity index is 2.05. The van der Waals surface area contributed by atoms with Gasteiger partial charge in [0.25, 0.3) is 9.04 Å². The molecule has 3 aromatic rings. The summed E-state index contributed by atoms with van der Waals surface area (Å²) in [6.07, 6.45) is 1.87. The van der Waals surface area contributed by atoms with Gasteiger partial charge in [-0.15, -0.1) is 0 Å². The first-order valence-corrected chi connectivity index (χ1v) is 12.6. The van der Waals surface area contributed by atoms with E-state index < -0.39 is 9.04 Å². The van der Waals surface area contributed by atoms with Crippen LogP contribution in [-0.2, 0) is 18.3 Å². The normalized spacial score (nSPS) is 11.9. The fourth-order valence-corrected chi connectivity index (χ4v) is 4.58. The van der Waals surface area contributed by atoms with E-state index in [2.05, 4.69) is 71.1 Å². The van der Waals surface area contributed by atoms with Crippen LogP contribution < -0.4 is 9.16 Å². The molecule has 0 amide bonds. The van der Waals surface area contributed by atoms with Crippen molar-refractivity contribution in [2.75, 3.05) is 7.11 Å². The molecule has 0 aliphatic heterocycles. The van der Waals surface area contributed by atoms with Gasteiger partial charge in [0.2, 0.25) is 0 Å². The molecule has 1 heterocycles. The van der Waals surface area contributed by atoms with E-state index in [1.807, 2.05) is 12.1 Å². The van der Waals surface area contributed by atoms with Crippen LogP contribution in [0.1, 0.15) is 43.2 Å². The third kappa shape index (κ3) is 4.81. The molecular formula is C25H32NO2Si. The summed E-state index contributed by atoms with van der Waals surface area (Å²) >= 11 is 0. The minimum atomic E-state index is -0.851. The van der Waals surface area contributed by atoms with Crippen molar-refractivity contribution in [1.29, 1.82) is 0 Å². The molecule has 2 aromatic carbocycles. The lowest BCUT2D eigenvalue weighted by Gasteiger charge is -2.27. The van der Waals surface area contributed by atoms with E-state index in [0.29, 0.717) is 0 Å². The molecule has 0 bridgehead atoms. The van der Waals surface area contributed by atoms with E-state index in [1.54, 1.807) is 7.11 Å². The number of benzene rings is 2. The molecule has 3 rings (SSSR count). The van der Waals surface area contributed by atoms with E-state index in [1.165, 1.54) is 27.8 Å². The molecule has 0 spiro atoms. The number of rotatable bonds is 6. The Morgan fingerprint density at radius 1 is 0.966 bits per heavy atom. The second kappa shape index (κ2) is 8.58. The molecule has 0 aliphatic rings. The van der Waals surface area contributed by atoms with Crippen molar-refractivity contribution in [2.45, 2.75) is 59.0 Å². The van der Waals surface area contributed by atoms with Crippen molar-refractivity contribution in [3.05, 3.63) is 64.8 Å². The molecule has 4 heteroatoms. The van der Waals surface area contributed by atoms with Gasteiger partial charge in [-0.1, -0.05) is 39.0 Å². The highest BCUT2D eigenvalue weighted by molar-refractivity contribution is 6.49. The van der Waals surface area contributed by atoms with Gasteiger partial charge in [-0.05, 0) is 79.2 Å². The first kappa shape index (κ1) is 21.4. The van der Waals surface area contributed by atoms with Crippen LogP contribution in [0.3, 0.4) is 0 Å². The van der Waals surface area contributed by atoms with Gasteiger partial charge >= 0.3 is 0 Å². The maximum Gasteiger partial charge on any atom is 0.274 e. The monoisotopic (exact) mass is 406 g/mol. The number of hydrogen-bond acceptors (Lipinski definition) is 3. The molecule has 0 aliphatic carbocycles. The molecule has 1 radical (unpaired) electrons. The molecule has 0 atom stereocenters. The Labute approximate surface area is 176 Å². The summed E-state index contributed by atoms with van der Waals surface area (Å²) in [6.45, 7) is 13.4. The minimum Gasteiger partial charge on any atom is -0.542 e. The quantitative estimate of drug-likeness (QED) is 0.452. The van der Waals surface area contributed by atoms with Gasteiger partial charge in [-0.25, -0.2) is 0 Å². The maximum absolute atomic E-state index is 6.26. The summed E-state index contributed by atoms with van der Waals surface area (Å²) < 4.78 is 11.5. The molecule has 0 saturated carbocycles. The van der Waals surface area contributed by atoms with Gasteiger partial charge < -0.3 is 9.16 Å². The van der Waals surface area contributed by atoms with Crippen molar-refractivity contribution >= 4 is 19.9 Å². The summed E-state index contributed by atoms with van der Waals surface area (Å²) in [7, 11) is 0.848. The van der Waals surface area contributed by atoms with E-state index >= 15 is 0 Å². The number of fused-ring (bicyclic) bond motifs is 1. The predicted molar refractivity (Wildman–Crippen MR) is 124 cm³/mol. The van der Waals surface area contributed by atoms with Crippen molar-refractivity contribution in [3.63, 3.8) is 0 Å². The second-order valence-electron chi connectivity index (χ2n) is 8.82. The molecule has 153 valence electrons. The Bertz CT molecular complexity index is 988. The van der Waals surface area contributed by atoms with Crippen LogP contribution in [0.25, 0.3) is 10.9 Å². The third-order valence-electron chi connectivity index (χ3n) is 5.19. The molecule has 0 N–H and O–H groups in total. The van der Waals surface area contributed by atoms with Crippen LogP contribution in [0, 0.1) is 6.92 Å². The fraction of sp³-hybridized carbons (Fsp3) is 0.400. The standard InChI is InChI=1S/C25H32NO2Si/c1-17-20(16-13-18-11-14-19(27-5)15-12-18)26-21-9-8-10-22(28-29(6)7)23(21)24(17)25(2,3)4/h8-12,14-15H,13,16H2,1-7H3. The smallest absolute Gasteiger partial charge is 0.274 e. The SMILES string of the molecule is COc1ccc(CCc2nc3cccc(O[Si](C)C)c3c(C(C)(C)C)c2C)cc1. The lowest BCUT2D eigenvalue weighted by atomic mass is 9.80. The van der Waals surface area contributed by atoms with Gasteiger partial charge in [0.15, 0.2) is 0 Å². The summed E-state index contributed by atoms with van der Waals surface area (Å²) in [5.41, 5.74) is 6.15. The third-order valence-corrected chi connectivity index (χ3v) is 5.82. The topological polar surface area (TPSA) is 31.4 Å². The average Bonchev–Trinajstić information content (AvgIpc) is 2.66. The first-order chi connectivity index (χ1) is 13.7.